The molecular weight excluding hydrogens is 348 g/mol. The van der Waals surface area contributed by atoms with E-state index in [2.05, 4.69) is 54.5 Å². The van der Waals surface area contributed by atoms with Crippen molar-refractivity contribution in [1.29, 1.82) is 0 Å². The predicted octanol–water partition coefficient (Wildman–Crippen LogP) is 3.86. The van der Waals surface area contributed by atoms with Crippen LogP contribution in [0.5, 0.6) is 0 Å². The number of aryl methyl sites for hydroxylation is 2. The van der Waals surface area contributed by atoms with Crippen LogP contribution in [-0.2, 0) is 30.7 Å². The van der Waals surface area contributed by atoms with Crippen LogP contribution in [0.2, 0.25) is 0 Å². The first kappa shape index (κ1) is 19.9. The highest BCUT2D eigenvalue weighted by Gasteiger charge is 2.19. The zero-order chi connectivity index (χ0) is 19.9. The summed E-state index contributed by atoms with van der Waals surface area (Å²) in [5, 5.41) is 3.31. The number of carbonyl (C=O) groups excluding carboxylic acids is 1. The molecular formula is C23H30N4O. The van der Waals surface area contributed by atoms with E-state index in [4.69, 9.17) is 5.73 Å². The number of guanidine groups is 1. The number of nitrogens with one attached hydrogen (secondary N) is 1. The molecule has 0 spiro atoms. The first-order valence-corrected chi connectivity index (χ1v) is 10.1. The highest BCUT2D eigenvalue weighted by molar-refractivity contribution is 5.93. The van der Waals surface area contributed by atoms with Crippen molar-refractivity contribution in [3.8, 4) is 0 Å². The third-order valence-electron chi connectivity index (χ3n) is 5.22. The largest absolute Gasteiger partial charge is 0.370 e. The molecule has 1 amide bonds. The predicted molar refractivity (Wildman–Crippen MR) is 115 cm³/mol. The molecule has 5 heteroatoms. The van der Waals surface area contributed by atoms with Gasteiger partial charge in [0.25, 0.3) is 0 Å². The van der Waals surface area contributed by atoms with Gasteiger partial charge in [-0.25, -0.2) is 4.99 Å². The minimum Gasteiger partial charge on any atom is -0.370 e. The molecule has 1 saturated heterocycles. The molecule has 148 valence electrons. The lowest BCUT2D eigenvalue weighted by molar-refractivity contribution is -0.128. The highest BCUT2D eigenvalue weighted by atomic mass is 16.2. The lowest BCUT2D eigenvalue weighted by Gasteiger charge is -2.16. The van der Waals surface area contributed by atoms with Gasteiger partial charge < -0.3 is 16.0 Å². The van der Waals surface area contributed by atoms with E-state index in [1.807, 2.05) is 17.0 Å². The monoisotopic (exact) mass is 378 g/mol. The average Bonchev–Trinajstić information content (AvgIpc) is 3.11. The van der Waals surface area contributed by atoms with Crippen LogP contribution in [0.1, 0.15) is 48.9 Å². The zero-order valence-electron chi connectivity index (χ0n) is 16.9. The van der Waals surface area contributed by atoms with Crippen LogP contribution in [0, 0.1) is 0 Å². The van der Waals surface area contributed by atoms with E-state index in [1.165, 1.54) is 11.1 Å². The third kappa shape index (κ3) is 4.91. The van der Waals surface area contributed by atoms with Crippen LogP contribution in [0.3, 0.4) is 0 Å². The Balaban J connectivity index is 1.67. The molecule has 2 aromatic carbocycles. The fourth-order valence-electron chi connectivity index (χ4n) is 3.67. The van der Waals surface area contributed by atoms with E-state index in [9.17, 15) is 4.79 Å². The van der Waals surface area contributed by atoms with Crippen molar-refractivity contribution in [2.24, 2.45) is 10.7 Å². The molecule has 1 aliphatic rings. The molecule has 0 radical (unpaired) electrons. The van der Waals surface area contributed by atoms with Gasteiger partial charge in [0.15, 0.2) is 5.96 Å². The molecule has 0 aliphatic carbocycles. The van der Waals surface area contributed by atoms with Gasteiger partial charge in [0.2, 0.25) is 5.91 Å². The van der Waals surface area contributed by atoms with Crippen molar-refractivity contribution in [2.75, 3.05) is 11.9 Å². The van der Waals surface area contributed by atoms with Crippen molar-refractivity contribution >= 4 is 17.6 Å². The number of rotatable bonds is 7. The van der Waals surface area contributed by atoms with Crippen LogP contribution >= 0.6 is 0 Å². The molecule has 1 heterocycles. The fraction of sp³-hybridized carbons (Fsp3) is 0.391. The number of hydrogen-bond donors (Lipinski definition) is 2. The summed E-state index contributed by atoms with van der Waals surface area (Å²) in [6, 6.07) is 14.6. The summed E-state index contributed by atoms with van der Waals surface area (Å²) in [6.45, 7) is 6.33. The molecule has 1 fully saturated rings. The van der Waals surface area contributed by atoms with Gasteiger partial charge in [-0.05, 0) is 41.5 Å². The van der Waals surface area contributed by atoms with Gasteiger partial charge >= 0.3 is 0 Å². The molecule has 0 saturated carbocycles. The summed E-state index contributed by atoms with van der Waals surface area (Å²) in [4.78, 5) is 18.3. The molecule has 0 aromatic heterocycles. The normalized spacial score (nSPS) is 14.6. The number of hydrogen-bond acceptors (Lipinski definition) is 2. The standard InChI is InChI=1S/C23H30N4O/c1-3-19-10-6-11-20(4-2)22(19)26-23(24)25-15-17-8-5-9-18(14-17)16-27-13-7-12-21(27)28/h5-6,8-11,14H,3-4,7,12-13,15-16H2,1-2H3,(H3,24,25,26). The lowest BCUT2D eigenvalue weighted by atomic mass is 10.0. The van der Waals surface area contributed by atoms with E-state index in [1.54, 1.807) is 0 Å². The van der Waals surface area contributed by atoms with Gasteiger partial charge in [0, 0.05) is 25.2 Å². The summed E-state index contributed by atoms with van der Waals surface area (Å²) in [6.07, 6.45) is 3.52. The molecule has 1 aliphatic heterocycles. The molecule has 28 heavy (non-hydrogen) atoms. The van der Waals surface area contributed by atoms with Gasteiger partial charge in [-0.2, -0.15) is 0 Å². The molecule has 2 aromatic rings. The molecule has 0 bridgehead atoms. The van der Waals surface area contributed by atoms with E-state index in [-0.39, 0.29) is 5.91 Å². The van der Waals surface area contributed by atoms with Crippen molar-refractivity contribution in [1.82, 2.24) is 4.90 Å². The van der Waals surface area contributed by atoms with Crippen molar-refractivity contribution in [2.45, 2.75) is 52.6 Å². The zero-order valence-corrected chi connectivity index (χ0v) is 16.9. The first-order chi connectivity index (χ1) is 13.6. The number of carbonyl (C=O) groups is 1. The second kappa shape index (κ2) is 9.40. The number of benzene rings is 2. The summed E-state index contributed by atoms with van der Waals surface area (Å²) < 4.78 is 0. The highest BCUT2D eigenvalue weighted by Crippen LogP contribution is 2.22. The van der Waals surface area contributed by atoms with E-state index in [0.717, 1.165) is 42.6 Å². The number of likely N-dealkylation sites (tertiary alicyclic amines) is 1. The number of nitrogens with two attached hydrogens (primary N) is 1. The number of para-hydroxylation sites is 1. The Morgan fingerprint density at radius 2 is 1.79 bits per heavy atom. The quantitative estimate of drug-likeness (QED) is 0.568. The van der Waals surface area contributed by atoms with Gasteiger partial charge in [0.1, 0.15) is 0 Å². The number of anilines is 1. The number of amides is 1. The van der Waals surface area contributed by atoms with Crippen LogP contribution in [0.15, 0.2) is 47.5 Å². The minimum atomic E-state index is 0.248. The topological polar surface area (TPSA) is 70.7 Å². The van der Waals surface area contributed by atoms with Crippen molar-refractivity contribution in [3.63, 3.8) is 0 Å². The van der Waals surface area contributed by atoms with E-state index < -0.39 is 0 Å². The minimum absolute atomic E-state index is 0.248. The maximum absolute atomic E-state index is 11.8. The summed E-state index contributed by atoms with van der Waals surface area (Å²) in [7, 11) is 0. The maximum Gasteiger partial charge on any atom is 0.222 e. The third-order valence-corrected chi connectivity index (χ3v) is 5.22. The Morgan fingerprint density at radius 1 is 1.11 bits per heavy atom. The van der Waals surface area contributed by atoms with Gasteiger partial charge in [-0.1, -0.05) is 56.3 Å². The number of nitrogens with zero attached hydrogens (tertiary/aromatic N) is 2. The molecule has 3 N–H and O–H groups in total. The van der Waals surface area contributed by atoms with Crippen LogP contribution < -0.4 is 11.1 Å². The van der Waals surface area contributed by atoms with Crippen molar-refractivity contribution < 1.29 is 4.79 Å². The molecule has 0 atom stereocenters. The van der Waals surface area contributed by atoms with Gasteiger partial charge in [-0.15, -0.1) is 0 Å². The number of aliphatic imine (C=N–C) groups is 1. The van der Waals surface area contributed by atoms with Gasteiger partial charge in [-0.3, -0.25) is 4.79 Å². The van der Waals surface area contributed by atoms with E-state index >= 15 is 0 Å². The summed E-state index contributed by atoms with van der Waals surface area (Å²) in [5.41, 5.74) is 12.0. The Kier molecular flexibility index (Phi) is 6.69. The van der Waals surface area contributed by atoms with E-state index in [0.29, 0.717) is 25.5 Å². The fourth-order valence-corrected chi connectivity index (χ4v) is 3.67. The van der Waals surface area contributed by atoms with Crippen LogP contribution in [0.4, 0.5) is 5.69 Å². The van der Waals surface area contributed by atoms with Crippen LogP contribution in [0.25, 0.3) is 0 Å². The smallest absolute Gasteiger partial charge is 0.222 e. The Labute approximate surface area is 167 Å². The Bertz CT molecular complexity index is 837. The summed E-state index contributed by atoms with van der Waals surface area (Å²) >= 11 is 0. The van der Waals surface area contributed by atoms with Crippen molar-refractivity contribution in [3.05, 3.63) is 64.7 Å². The maximum atomic E-state index is 11.8. The second-order valence-corrected chi connectivity index (χ2v) is 7.22. The average molecular weight is 379 g/mol. The summed E-state index contributed by atoms with van der Waals surface area (Å²) in [5.74, 6) is 0.675. The lowest BCUT2D eigenvalue weighted by Crippen LogP contribution is -2.24. The first-order valence-electron chi connectivity index (χ1n) is 10.1. The second-order valence-electron chi connectivity index (χ2n) is 7.22. The Morgan fingerprint density at radius 3 is 2.43 bits per heavy atom. The van der Waals surface area contributed by atoms with Crippen LogP contribution in [-0.4, -0.2) is 23.3 Å². The molecule has 3 rings (SSSR count). The SMILES string of the molecule is CCc1cccc(CC)c1NC(N)=NCc1cccc(CN2CCCC2=O)c1. The Hall–Kier alpha value is -2.82. The molecule has 5 nitrogen and oxygen atoms in total. The molecule has 0 unspecified atom stereocenters. The van der Waals surface area contributed by atoms with Gasteiger partial charge in [0.05, 0.1) is 6.54 Å².